The van der Waals surface area contributed by atoms with Gasteiger partial charge in [-0.05, 0) is 0 Å². The fraction of sp³-hybridized carbons (Fsp3) is 0.364. The fourth-order valence-electron chi connectivity index (χ4n) is 1.73. The molecule has 0 saturated heterocycles. The van der Waals surface area contributed by atoms with Crippen LogP contribution in [0.4, 0.5) is 5.69 Å². The SMILES string of the molecule is COc1cc2c(c(OC)c1)C(=O)CCN2. The van der Waals surface area contributed by atoms with E-state index in [1.54, 1.807) is 20.3 Å². The van der Waals surface area contributed by atoms with E-state index in [1.165, 1.54) is 0 Å². The molecule has 0 fully saturated rings. The van der Waals surface area contributed by atoms with Gasteiger partial charge in [0.05, 0.1) is 25.5 Å². The number of anilines is 1. The summed E-state index contributed by atoms with van der Waals surface area (Å²) >= 11 is 0. The average molecular weight is 207 g/mol. The van der Waals surface area contributed by atoms with Crippen LogP contribution in [0.5, 0.6) is 11.5 Å². The summed E-state index contributed by atoms with van der Waals surface area (Å²) in [5, 5.41) is 3.16. The third-order valence-electron chi connectivity index (χ3n) is 2.48. The van der Waals surface area contributed by atoms with Gasteiger partial charge < -0.3 is 14.8 Å². The second-order valence-electron chi connectivity index (χ2n) is 3.35. The van der Waals surface area contributed by atoms with Gasteiger partial charge in [-0.25, -0.2) is 0 Å². The molecule has 1 aromatic rings. The molecule has 15 heavy (non-hydrogen) atoms. The van der Waals surface area contributed by atoms with Crippen LogP contribution < -0.4 is 14.8 Å². The molecule has 0 unspecified atom stereocenters. The van der Waals surface area contributed by atoms with Crippen LogP contribution in [0, 0.1) is 0 Å². The van der Waals surface area contributed by atoms with Crippen molar-refractivity contribution < 1.29 is 14.3 Å². The standard InChI is InChI=1S/C11H13NO3/c1-14-7-5-8-11(10(6-7)15-2)9(13)3-4-12-8/h5-6,12H,3-4H2,1-2H3. The molecular weight excluding hydrogens is 194 g/mol. The van der Waals surface area contributed by atoms with E-state index in [1.807, 2.05) is 6.07 Å². The van der Waals surface area contributed by atoms with E-state index in [-0.39, 0.29) is 5.78 Å². The smallest absolute Gasteiger partial charge is 0.170 e. The molecule has 0 saturated carbocycles. The van der Waals surface area contributed by atoms with Crippen molar-refractivity contribution in [3.8, 4) is 11.5 Å². The van der Waals surface area contributed by atoms with E-state index in [9.17, 15) is 4.79 Å². The van der Waals surface area contributed by atoms with Gasteiger partial charge in [0.25, 0.3) is 0 Å². The summed E-state index contributed by atoms with van der Waals surface area (Å²) in [5.41, 5.74) is 1.42. The summed E-state index contributed by atoms with van der Waals surface area (Å²) in [6, 6.07) is 3.54. The maximum Gasteiger partial charge on any atom is 0.170 e. The highest BCUT2D eigenvalue weighted by Crippen LogP contribution is 2.35. The first-order valence-corrected chi connectivity index (χ1v) is 4.79. The molecule has 80 valence electrons. The summed E-state index contributed by atoms with van der Waals surface area (Å²) < 4.78 is 10.3. The van der Waals surface area contributed by atoms with Crippen LogP contribution in [0.25, 0.3) is 0 Å². The third-order valence-corrected chi connectivity index (χ3v) is 2.48. The minimum atomic E-state index is 0.114. The second kappa shape index (κ2) is 3.81. The topological polar surface area (TPSA) is 47.6 Å². The Bertz CT molecular complexity index is 384. The molecule has 1 heterocycles. The van der Waals surface area contributed by atoms with Gasteiger partial charge in [-0.15, -0.1) is 0 Å². The molecule has 4 nitrogen and oxygen atoms in total. The van der Waals surface area contributed by atoms with E-state index in [0.29, 0.717) is 30.0 Å². The van der Waals surface area contributed by atoms with Crippen molar-refractivity contribution in [3.63, 3.8) is 0 Å². The predicted molar refractivity (Wildman–Crippen MR) is 57.0 cm³/mol. The molecule has 0 radical (unpaired) electrons. The van der Waals surface area contributed by atoms with Crippen LogP contribution in [-0.4, -0.2) is 26.5 Å². The number of rotatable bonds is 2. The Hall–Kier alpha value is -1.71. The Labute approximate surface area is 88.2 Å². The number of methoxy groups -OCH3 is 2. The highest BCUT2D eigenvalue weighted by atomic mass is 16.5. The molecule has 1 aliphatic rings. The van der Waals surface area contributed by atoms with Crippen LogP contribution in [0.2, 0.25) is 0 Å². The van der Waals surface area contributed by atoms with Gasteiger partial charge in [-0.3, -0.25) is 4.79 Å². The number of fused-ring (bicyclic) bond motifs is 1. The summed E-state index contributed by atoms with van der Waals surface area (Å²) in [6.45, 7) is 0.669. The molecular formula is C11H13NO3. The van der Waals surface area contributed by atoms with Crippen molar-refractivity contribution >= 4 is 11.5 Å². The van der Waals surface area contributed by atoms with Crippen LogP contribution >= 0.6 is 0 Å². The zero-order chi connectivity index (χ0) is 10.8. The Kier molecular flexibility index (Phi) is 2.49. The predicted octanol–water partition coefficient (Wildman–Crippen LogP) is 1.70. The molecule has 1 N–H and O–H groups in total. The van der Waals surface area contributed by atoms with Gasteiger partial charge in [0, 0.05) is 25.1 Å². The molecule has 2 rings (SSSR count). The monoisotopic (exact) mass is 207 g/mol. The van der Waals surface area contributed by atoms with Crippen molar-refractivity contribution in [1.29, 1.82) is 0 Å². The van der Waals surface area contributed by atoms with E-state index in [4.69, 9.17) is 9.47 Å². The Morgan fingerprint density at radius 3 is 2.73 bits per heavy atom. The minimum Gasteiger partial charge on any atom is -0.497 e. The second-order valence-corrected chi connectivity index (χ2v) is 3.35. The first-order valence-electron chi connectivity index (χ1n) is 4.79. The van der Waals surface area contributed by atoms with E-state index < -0.39 is 0 Å². The van der Waals surface area contributed by atoms with Crippen LogP contribution in [0.1, 0.15) is 16.8 Å². The number of Topliss-reactive ketones (excluding diaryl/α,β-unsaturated/α-hetero) is 1. The highest BCUT2D eigenvalue weighted by Gasteiger charge is 2.22. The zero-order valence-corrected chi connectivity index (χ0v) is 8.79. The van der Waals surface area contributed by atoms with Gasteiger partial charge in [0.15, 0.2) is 5.78 Å². The molecule has 0 amide bonds. The van der Waals surface area contributed by atoms with Crippen LogP contribution in [-0.2, 0) is 0 Å². The van der Waals surface area contributed by atoms with Gasteiger partial charge in [0.2, 0.25) is 0 Å². The number of hydrogen-bond donors (Lipinski definition) is 1. The number of hydrogen-bond acceptors (Lipinski definition) is 4. The molecule has 0 bridgehead atoms. The first kappa shape index (κ1) is 9.83. The lowest BCUT2D eigenvalue weighted by molar-refractivity contribution is 0.0980. The fourth-order valence-corrected chi connectivity index (χ4v) is 1.73. The lowest BCUT2D eigenvalue weighted by atomic mass is 10.0. The van der Waals surface area contributed by atoms with Gasteiger partial charge >= 0.3 is 0 Å². The lowest BCUT2D eigenvalue weighted by Crippen LogP contribution is -2.18. The number of ketones is 1. The normalized spacial score (nSPS) is 14.1. The highest BCUT2D eigenvalue weighted by molar-refractivity contribution is 6.05. The van der Waals surface area contributed by atoms with Gasteiger partial charge in [-0.2, -0.15) is 0 Å². The number of carbonyl (C=O) groups is 1. The van der Waals surface area contributed by atoms with Crippen molar-refractivity contribution in [3.05, 3.63) is 17.7 Å². The molecule has 0 atom stereocenters. The maximum absolute atomic E-state index is 11.7. The first-order chi connectivity index (χ1) is 7.26. The van der Waals surface area contributed by atoms with Crippen LogP contribution in [0.3, 0.4) is 0 Å². The summed E-state index contributed by atoms with van der Waals surface area (Å²) in [4.78, 5) is 11.7. The Morgan fingerprint density at radius 2 is 2.07 bits per heavy atom. The largest absolute Gasteiger partial charge is 0.497 e. The quantitative estimate of drug-likeness (QED) is 0.801. The number of ether oxygens (including phenoxy) is 2. The van der Waals surface area contributed by atoms with Crippen LogP contribution in [0.15, 0.2) is 12.1 Å². The van der Waals surface area contributed by atoms with E-state index in [0.717, 1.165) is 5.69 Å². The minimum absolute atomic E-state index is 0.114. The third kappa shape index (κ3) is 1.63. The molecule has 1 aromatic carbocycles. The molecule has 0 spiro atoms. The number of nitrogens with one attached hydrogen (secondary N) is 1. The maximum atomic E-state index is 11.7. The summed E-state index contributed by atoms with van der Waals surface area (Å²) in [7, 11) is 3.14. The van der Waals surface area contributed by atoms with Crippen molar-refractivity contribution in [2.75, 3.05) is 26.1 Å². The molecule has 4 heteroatoms. The average Bonchev–Trinajstić information content (AvgIpc) is 2.27. The zero-order valence-electron chi connectivity index (χ0n) is 8.79. The van der Waals surface area contributed by atoms with E-state index in [2.05, 4.69) is 5.32 Å². The lowest BCUT2D eigenvalue weighted by Gasteiger charge is -2.20. The molecule has 0 aromatic heterocycles. The van der Waals surface area contributed by atoms with Crippen molar-refractivity contribution in [2.24, 2.45) is 0 Å². The summed E-state index contributed by atoms with van der Waals surface area (Å²) in [6.07, 6.45) is 0.510. The molecule has 0 aliphatic carbocycles. The number of benzene rings is 1. The Morgan fingerprint density at radius 1 is 1.27 bits per heavy atom. The molecule has 1 aliphatic heterocycles. The van der Waals surface area contributed by atoms with E-state index >= 15 is 0 Å². The van der Waals surface area contributed by atoms with Crippen molar-refractivity contribution in [1.82, 2.24) is 0 Å². The number of carbonyl (C=O) groups excluding carboxylic acids is 1. The Balaban J connectivity index is 2.57. The van der Waals surface area contributed by atoms with Gasteiger partial charge in [0.1, 0.15) is 11.5 Å². The van der Waals surface area contributed by atoms with Crippen molar-refractivity contribution in [2.45, 2.75) is 6.42 Å². The van der Waals surface area contributed by atoms with Gasteiger partial charge in [-0.1, -0.05) is 0 Å². The summed E-state index contributed by atoms with van der Waals surface area (Å²) in [5.74, 6) is 1.37.